The molecule has 0 aliphatic carbocycles. The summed E-state index contributed by atoms with van der Waals surface area (Å²) in [6.07, 6.45) is 45.8. The third kappa shape index (κ3) is 23.3. The molecule has 7 aliphatic heterocycles. The van der Waals surface area contributed by atoms with Crippen LogP contribution in [0.2, 0.25) is 0 Å². The van der Waals surface area contributed by atoms with Crippen molar-refractivity contribution >= 4 is 47.3 Å². The molecule has 0 radical (unpaired) electrons. The molecule has 0 saturated carbocycles. The van der Waals surface area contributed by atoms with Crippen LogP contribution in [-0.4, -0.2) is 139 Å². The molecule has 0 saturated heterocycles. The van der Waals surface area contributed by atoms with Crippen LogP contribution in [0.15, 0.2) is 220 Å². The number of rotatable bonds is 14. The van der Waals surface area contributed by atoms with Gasteiger partial charge in [0.2, 0.25) is 5.91 Å². The average molecular weight is 1920 g/mol. The second-order valence-electron chi connectivity index (χ2n) is 35.5. The minimum atomic E-state index is -0.583. The monoisotopic (exact) mass is 1920 g/mol. The highest BCUT2D eigenvalue weighted by atomic mass is 16.6. The van der Waals surface area contributed by atoms with Gasteiger partial charge >= 0.3 is 12.2 Å². The number of nitriles is 7. The van der Waals surface area contributed by atoms with Crippen molar-refractivity contribution in [2.24, 2.45) is 4.99 Å². The molecule has 0 bridgehead atoms. The Kier molecular flexibility index (Phi) is 33.7. The summed E-state index contributed by atoms with van der Waals surface area (Å²) in [7, 11) is 9.61. The molecular formula is C110H111N27O7. The van der Waals surface area contributed by atoms with E-state index in [0.29, 0.717) is 80.0 Å². The predicted octanol–water partition coefficient (Wildman–Crippen LogP) is 18.1. The number of carbonyl (C=O) groups excluding carboxylic acids is 4. The number of hydrogen-bond donors (Lipinski definition) is 5. The zero-order valence-corrected chi connectivity index (χ0v) is 81.4. The Morgan fingerprint density at radius 1 is 0.368 bits per heavy atom. The summed E-state index contributed by atoms with van der Waals surface area (Å²) in [4.78, 5) is 80.1. The summed E-state index contributed by atoms with van der Waals surface area (Å²) in [6, 6.07) is 60.3. The van der Waals surface area contributed by atoms with Crippen molar-refractivity contribution < 1.29 is 33.4 Å². The molecule has 14 aromatic rings. The first-order valence-electron chi connectivity index (χ1n) is 48.1. The zero-order valence-electron chi connectivity index (χ0n) is 81.4. The Balaban J connectivity index is 0.000000126. The van der Waals surface area contributed by atoms with Gasteiger partial charge in [-0.3, -0.25) is 19.9 Å². The Morgan fingerprint density at radius 2 is 0.701 bits per heavy atom. The zero-order chi connectivity index (χ0) is 101. The number of imidazole rings is 7. The first-order chi connectivity index (χ1) is 70.4. The molecule has 7 aliphatic rings. The van der Waals surface area contributed by atoms with E-state index in [2.05, 4.69) is 147 Å². The van der Waals surface area contributed by atoms with Crippen LogP contribution < -0.4 is 36.1 Å². The Morgan fingerprint density at radius 3 is 1.06 bits per heavy atom. The average Bonchev–Trinajstić information content (AvgIpc) is 1.62. The van der Waals surface area contributed by atoms with E-state index in [0.717, 1.165) is 155 Å². The van der Waals surface area contributed by atoms with E-state index in [1.807, 2.05) is 196 Å². The van der Waals surface area contributed by atoms with Gasteiger partial charge < -0.3 is 67.4 Å². The molecule has 21 rings (SSSR count). The number of methoxy groups -OCH3 is 2. The lowest BCUT2D eigenvalue weighted by Gasteiger charge is -2.27. The largest absolute Gasteiger partial charge is 0.495 e. The van der Waals surface area contributed by atoms with Gasteiger partial charge in [0.1, 0.15) is 36.1 Å². The van der Waals surface area contributed by atoms with E-state index < -0.39 is 12.2 Å². The van der Waals surface area contributed by atoms with E-state index in [9.17, 15) is 24.4 Å². The third-order valence-electron chi connectivity index (χ3n) is 27.0. The van der Waals surface area contributed by atoms with E-state index in [1.165, 1.54) is 91.2 Å². The predicted molar refractivity (Wildman–Crippen MR) is 540 cm³/mol. The number of aryl methyl sites for hydroxylation is 7. The second-order valence-corrected chi connectivity index (χ2v) is 35.5. The Labute approximate surface area is 835 Å². The summed E-state index contributed by atoms with van der Waals surface area (Å²) in [6.45, 7) is 1.45. The van der Waals surface area contributed by atoms with Crippen LogP contribution in [0.5, 0.6) is 11.5 Å². The number of benzene rings is 7. The van der Waals surface area contributed by atoms with Crippen LogP contribution >= 0.6 is 0 Å². The molecule has 0 spiro atoms. The van der Waals surface area contributed by atoms with Crippen molar-refractivity contribution in [1.29, 1.82) is 36.8 Å². The quantitative estimate of drug-likeness (QED) is 0.0631. The van der Waals surface area contributed by atoms with Crippen molar-refractivity contribution in [2.45, 2.75) is 184 Å². The van der Waals surface area contributed by atoms with E-state index in [4.69, 9.17) is 41.0 Å². The van der Waals surface area contributed by atoms with Crippen molar-refractivity contribution in [1.82, 2.24) is 77.5 Å². The number of carbonyl (C=O) groups is 4. The molecule has 34 nitrogen and oxygen atoms in total. The molecule has 34 heteroatoms. The molecule has 7 unspecified atom stereocenters. The number of ether oxygens (including phenoxy) is 3. The summed E-state index contributed by atoms with van der Waals surface area (Å²) in [5, 5.41) is 76.8. The van der Waals surface area contributed by atoms with E-state index in [-0.39, 0.29) is 41.7 Å². The Bertz CT molecular complexity index is 7040. The summed E-state index contributed by atoms with van der Waals surface area (Å²) in [5.41, 5.74) is 22.3. The maximum absolute atomic E-state index is 12.0. The second kappa shape index (κ2) is 48.2. The van der Waals surface area contributed by atoms with Gasteiger partial charge in [-0.15, -0.1) is 0 Å². The SMILES string of the molecule is CC(=O)Nc1cc(C2CCCc3cncn32)ccc1C#N.CN=Cc1ncc2n1C(c1ccc(C#N)cc1)CCC2.CNC(=O)Oc1cc(C2CCCc3cncn32)ccc1C#N.CNC(=O)c1ncc2n1C(c1ccc(C#N)cc1)CCC2.CNc1cc(C2CCCc3cncn32)ccc1C#N.COC(=O)Nc1cc(C2CCCc3cncn32)ccc1C#N.COc1cc(C2CCCc3cncn32)ccc1C#N. The normalized spacial score (nSPS) is 17.1. The van der Waals surface area contributed by atoms with Crippen molar-refractivity contribution in [2.75, 3.05) is 58.4 Å². The maximum atomic E-state index is 12.0. The first kappa shape index (κ1) is 101. The van der Waals surface area contributed by atoms with E-state index >= 15 is 0 Å². The smallest absolute Gasteiger partial charge is 0.412 e. The maximum Gasteiger partial charge on any atom is 0.412 e. The lowest BCUT2D eigenvalue weighted by molar-refractivity contribution is -0.114. The Hall–Kier alpha value is -17.8. The van der Waals surface area contributed by atoms with Crippen LogP contribution in [0.25, 0.3) is 0 Å². The van der Waals surface area contributed by atoms with Crippen LogP contribution in [0, 0.1) is 79.3 Å². The summed E-state index contributed by atoms with van der Waals surface area (Å²) < 4.78 is 30.4. The van der Waals surface area contributed by atoms with Gasteiger partial charge in [0.25, 0.3) is 5.91 Å². The molecule has 4 amide bonds. The molecule has 7 atom stereocenters. The lowest BCUT2D eigenvalue weighted by Crippen LogP contribution is -2.27. The number of nitrogens with one attached hydrogen (secondary N) is 5. The molecule has 5 N–H and O–H groups in total. The fourth-order valence-electron chi connectivity index (χ4n) is 20.0. The van der Waals surface area contributed by atoms with Gasteiger partial charge in [0.15, 0.2) is 17.4 Å². The lowest BCUT2D eigenvalue weighted by atomic mass is 9.95. The van der Waals surface area contributed by atoms with Crippen LogP contribution in [0.3, 0.4) is 0 Å². The molecular weight excluding hydrogens is 1810 g/mol. The topological polar surface area (TPSA) is 460 Å². The highest BCUT2D eigenvalue weighted by Gasteiger charge is 2.32. The fourth-order valence-corrected chi connectivity index (χ4v) is 20.0. The summed E-state index contributed by atoms with van der Waals surface area (Å²) in [5.74, 6) is 1.97. The van der Waals surface area contributed by atoms with Gasteiger partial charge in [-0.2, -0.15) is 36.8 Å². The van der Waals surface area contributed by atoms with Gasteiger partial charge in [0, 0.05) is 118 Å². The van der Waals surface area contributed by atoms with Gasteiger partial charge in [-0.1, -0.05) is 54.6 Å². The number of amides is 4. The number of fused-ring (bicyclic) bond motifs is 7. The molecule has 7 aromatic heterocycles. The van der Waals surface area contributed by atoms with Crippen LogP contribution in [0.4, 0.5) is 26.7 Å². The number of aliphatic imine (C=N–C) groups is 1. The first-order valence-corrected chi connectivity index (χ1v) is 48.1. The van der Waals surface area contributed by atoms with Crippen molar-refractivity contribution in [3.8, 4) is 54.0 Å². The van der Waals surface area contributed by atoms with Gasteiger partial charge in [-0.25, -0.2) is 44.5 Å². The van der Waals surface area contributed by atoms with Gasteiger partial charge in [0.05, 0.1) is 163 Å². The van der Waals surface area contributed by atoms with Crippen molar-refractivity contribution in [3.05, 3.63) is 344 Å². The summed E-state index contributed by atoms with van der Waals surface area (Å²) >= 11 is 0. The fraction of sp³-hybridized carbons (Fsp3) is 0.318. The van der Waals surface area contributed by atoms with Gasteiger partial charge in [-0.05, 0) is 259 Å². The molecule has 728 valence electrons. The number of nitrogens with zero attached hydrogens (tertiary/aromatic N) is 22. The van der Waals surface area contributed by atoms with Crippen LogP contribution in [-0.2, 0) is 54.5 Å². The minimum absolute atomic E-state index is 0.108. The standard InChI is InChI=1S/2C16H16N4O2.2C16H16N4O.C16H16N4.C15H16N4.C15H15N3O/c1-22-16(21)19-14-7-11(5-6-12(14)8-17)15-4-2-3-13-9-18-10-20(13)15;1-18-16(21)22-15-7-11(5-6-12(15)8-17)14-4-2-3-13-9-19-10-20(13)14;1-18-16(21)15-19-10-13-3-2-4-14(20(13)15)12-7-5-11(9-17)6-8-12;1-11(21)19-15-7-12(5-6-13(15)8-17)16-4-2-3-14-9-18-10-20(14)16;1-18-11-16-19-10-14-3-2-4-15(20(14)16)13-7-5-12(9-17)6-8-13;1-17-14-7-11(5-6-12(14)8-16)15-4-2-3-13-9-18-10-19(13)15;1-19-15-7-11(5-6-12(15)8-16)14-4-2-3-13-9-17-10-18(13)14/h5-7,9-10,15H,2-4H2,1H3,(H,19,21);5-7,9-10,14H,2-4H2,1H3,(H,18,21);5-8,10,14H,2-4H2,1H3,(H,18,21);5-7,9-10,16H,2-4H2,1H3,(H,19,21);5-8,10-11,15H,2-4H2,1H3;5-7,9-10,15,17H,2-4H2,1H3;5-7,9-10,14H,2-4H2,1H3. The molecule has 144 heavy (non-hydrogen) atoms. The van der Waals surface area contributed by atoms with Crippen molar-refractivity contribution in [3.63, 3.8) is 0 Å². The number of anilines is 3. The molecule has 14 heterocycles. The van der Waals surface area contributed by atoms with Crippen LogP contribution in [0.1, 0.15) is 273 Å². The number of hydrogen-bond acceptors (Lipinski definition) is 23. The number of aromatic nitrogens is 14. The highest BCUT2D eigenvalue weighted by Crippen LogP contribution is 2.41. The highest BCUT2D eigenvalue weighted by molar-refractivity contribution is 5.91. The van der Waals surface area contributed by atoms with E-state index in [1.54, 1.807) is 51.7 Å². The molecule has 7 aromatic carbocycles. The molecule has 0 fully saturated rings. The minimum Gasteiger partial charge on any atom is -0.495 e. The third-order valence-corrected chi connectivity index (χ3v) is 27.0.